The Hall–Kier alpha value is -1.94. The van der Waals surface area contributed by atoms with Gasteiger partial charge in [0, 0.05) is 12.3 Å². The quantitative estimate of drug-likeness (QED) is 0.850. The van der Waals surface area contributed by atoms with E-state index in [1.807, 2.05) is 0 Å². The maximum absolute atomic E-state index is 11.8. The van der Waals surface area contributed by atoms with E-state index < -0.39 is 0 Å². The summed E-state index contributed by atoms with van der Waals surface area (Å²) in [5, 5.41) is 7.65. The first kappa shape index (κ1) is 15.4. The Morgan fingerprint density at radius 3 is 2.57 bits per heavy atom. The zero-order valence-corrected chi connectivity index (χ0v) is 12.7. The Balaban J connectivity index is 2.20. The van der Waals surface area contributed by atoms with Crippen molar-refractivity contribution in [1.82, 2.24) is 15.1 Å². The third-order valence-electron chi connectivity index (χ3n) is 3.57. The molecule has 1 atom stereocenters. The molecule has 0 amide bonds. The van der Waals surface area contributed by atoms with Crippen molar-refractivity contribution in [2.24, 2.45) is 0 Å². The van der Waals surface area contributed by atoms with Gasteiger partial charge in [0.1, 0.15) is 0 Å². The number of aromatic nitrogens is 2. The average Bonchev–Trinajstić information content (AvgIpc) is 2.53. The minimum atomic E-state index is -0.0639. The lowest BCUT2D eigenvalue weighted by molar-refractivity contribution is 0.426. The number of hydrogen-bond donors (Lipinski definition) is 1. The summed E-state index contributed by atoms with van der Waals surface area (Å²) in [6, 6.07) is 11.9. The molecule has 0 radical (unpaired) electrons. The van der Waals surface area contributed by atoms with Crippen molar-refractivity contribution in [3.05, 3.63) is 64.1 Å². The zero-order valence-electron chi connectivity index (χ0n) is 12.7. The van der Waals surface area contributed by atoms with Gasteiger partial charge in [-0.05, 0) is 36.6 Å². The summed E-state index contributed by atoms with van der Waals surface area (Å²) >= 11 is 0. The van der Waals surface area contributed by atoms with Crippen LogP contribution in [-0.4, -0.2) is 16.3 Å². The third-order valence-corrected chi connectivity index (χ3v) is 3.57. The van der Waals surface area contributed by atoms with E-state index in [9.17, 15) is 4.79 Å². The fourth-order valence-corrected chi connectivity index (χ4v) is 2.29. The molecular formula is C17H23N3O. The molecule has 4 heteroatoms. The first-order valence-electron chi connectivity index (χ1n) is 7.59. The Bertz CT molecular complexity index is 604. The van der Waals surface area contributed by atoms with E-state index in [4.69, 9.17) is 0 Å². The van der Waals surface area contributed by atoms with Gasteiger partial charge in [-0.2, -0.15) is 5.10 Å². The summed E-state index contributed by atoms with van der Waals surface area (Å²) in [6.45, 7) is 5.75. The number of nitrogens with zero attached hydrogens (tertiary/aromatic N) is 2. The Kier molecular flexibility index (Phi) is 5.69. The summed E-state index contributed by atoms with van der Waals surface area (Å²) in [5.74, 6) is 0. The first-order valence-corrected chi connectivity index (χ1v) is 7.59. The molecule has 0 aliphatic carbocycles. The van der Waals surface area contributed by atoms with Gasteiger partial charge in [0.15, 0.2) is 0 Å². The minimum Gasteiger partial charge on any atom is -0.308 e. The van der Waals surface area contributed by atoms with Gasteiger partial charge in [-0.3, -0.25) is 4.79 Å². The molecule has 0 saturated carbocycles. The largest absolute Gasteiger partial charge is 0.308 e. The predicted molar refractivity (Wildman–Crippen MR) is 85.4 cm³/mol. The lowest BCUT2D eigenvalue weighted by Gasteiger charge is -2.19. The lowest BCUT2D eigenvalue weighted by atomic mass is 10.0. The monoisotopic (exact) mass is 285 g/mol. The highest BCUT2D eigenvalue weighted by Gasteiger charge is 2.12. The highest BCUT2D eigenvalue weighted by Crippen LogP contribution is 2.16. The fourth-order valence-electron chi connectivity index (χ4n) is 2.29. The molecule has 1 N–H and O–H groups in total. The highest BCUT2D eigenvalue weighted by atomic mass is 16.1. The van der Waals surface area contributed by atoms with Crippen molar-refractivity contribution in [2.45, 2.75) is 39.3 Å². The molecule has 112 valence electrons. The predicted octanol–water partition coefficient (Wildman–Crippen LogP) is 2.55. The van der Waals surface area contributed by atoms with Crippen LogP contribution in [0.4, 0.5) is 0 Å². The Labute approximate surface area is 125 Å². The summed E-state index contributed by atoms with van der Waals surface area (Å²) in [4.78, 5) is 11.8. The molecule has 2 aromatic rings. The molecule has 0 aliphatic heterocycles. The van der Waals surface area contributed by atoms with E-state index in [-0.39, 0.29) is 11.6 Å². The van der Waals surface area contributed by atoms with Crippen molar-refractivity contribution < 1.29 is 0 Å². The Morgan fingerprint density at radius 2 is 1.95 bits per heavy atom. The number of aryl methyl sites for hydroxylation is 1. The molecule has 0 spiro atoms. The summed E-state index contributed by atoms with van der Waals surface area (Å²) < 4.78 is 1.51. The second-order valence-corrected chi connectivity index (χ2v) is 5.15. The van der Waals surface area contributed by atoms with Gasteiger partial charge in [-0.1, -0.05) is 38.1 Å². The van der Waals surface area contributed by atoms with Gasteiger partial charge in [-0.15, -0.1) is 0 Å². The molecule has 1 heterocycles. The molecule has 4 nitrogen and oxygen atoms in total. The molecule has 0 bridgehead atoms. The molecule has 2 rings (SSSR count). The van der Waals surface area contributed by atoms with Crippen molar-refractivity contribution in [3.8, 4) is 0 Å². The molecule has 0 aliphatic rings. The van der Waals surface area contributed by atoms with Crippen LogP contribution < -0.4 is 10.9 Å². The van der Waals surface area contributed by atoms with Gasteiger partial charge < -0.3 is 5.32 Å². The summed E-state index contributed by atoms with van der Waals surface area (Å²) in [5.41, 5.74) is 2.45. The molecule has 1 aromatic heterocycles. The first-order chi connectivity index (χ1) is 10.2. The van der Waals surface area contributed by atoms with Crippen LogP contribution in [0.2, 0.25) is 0 Å². The maximum atomic E-state index is 11.8. The van der Waals surface area contributed by atoms with Crippen LogP contribution in [0.1, 0.15) is 37.4 Å². The maximum Gasteiger partial charge on any atom is 0.266 e. The topological polar surface area (TPSA) is 46.9 Å². The summed E-state index contributed by atoms with van der Waals surface area (Å²) in [6.07, 6.45) is 3.74. The van der Waals surface area contributed by atoms with Crippen LogP contribution in [0.3, 0.4) is 0 Å². The van der Waals surface area contributed by atoms with Gasteiger partial charge >= 0.3 is 0 Å². The van der Waals surface area contributed by atoms with Gasteiger partial charge in [0.05, 0.1) is 12.6 Å². The number of nitrogens with one attached hydrogen (secondary N) is 1. The van der Waals surface area contributed by atoms with E-state index >= 15 is 0 Å². The number of benzene rings is 1. The molecule has 0 saturated heterocycles. The van der Waals surface area contributed by atoms with Gasteiger partial charge in [0.2, 0.25) is 0 Å². The normalized spacial score (nSPS) is 12.3. The third kappa shape index (κ3) is 4.26. The van der Waals surface area contributed by atoms with Crippen LogP contribution >= 0.6 is 0 Å². The average molecular weight is 285 g/mol. The molecule has 1 unspecified atom stereocenters. The van der Waals surface area contributed by atoms with E-state index in [0.717, 1.165) is 19.4 Å². The summed E-state index contributed by atoms with van der Waals surface area (Å²) in [7, 11) is 0. The smallest absolute Gasteiger partial charge is 0.266 e. The second-order valence-electron chi connectivity index (χ2n) is 5.15. The van der Waals surface area contributed by atoms with E-state index in [1.54, 1.807) is 18.3 Å². The van der Waals surface area contributed by atoms with Crippen molar-refractivity contribution >= 4 is 0 Å². The number of rotatable bonds is 7. The van der Waals surface area contributed by atoms with E-state index in [2.05, 4.69) is 48.5 Å². The van der Waals surface area contributed by atoms with E-state index in [1.165, 1.54) is 15.8 Å². The standard InChI is InChI=1S/C17H23N3O/c1-3-11-18-16(13-20-17(21)6-5-12-19-20)15-9-7-14(4-2)8-10-15/h5-10,12,16,18H,3-4,11,13H2,1-2H3. The molecular weight excluding hydrogens is 262 g/mol. The van der Waals surface area contributed by atoms with Crippen LogP contribution in [0.5, 0.6) is 0 Å². The van der Waals surface area contributed by atoms with Gasteiger partial charge in [-0.25, -0.2) is 4.68 Å². The van der Waals surface area contributed by atoms with Gasteiger partial charge in [0.25, 0.3) is 5.56 Å². The minimum absolute atomic E-state index is 0.0639. The van der Waals surface area contributed by atoms with Crippen molar-refractivity contribution in [1.29, 1.82) is 0 Å². The number of hydrogen-bond acceptors (Lipinski definition) is 3. The van der Waals surface area contributed by atoms with Crippen molar-refractivity contribution in [3.63, 3.8) is 0 Å². The molecule has 1 aromatic carbocycles. The van der Waals surface area contributed by atoms with Crippen LogP contribution in [-0.2, 0) is 13.0 Å². The van der Waals surface area contributed by atoms with Crippen LogP contribution in [0.25, 0.3) is 0 Å². The van der Waals surface area contributed by atoms with Crippen LogP contribution in [0, 0.1) is 0 Å². The Morgan fingerprint density at radius 1 is 1.19 bits per heavy atom. The zero-order chi connectivity index (χ0) is 15.1. The second kappa shape index (κ2) is 7.74. The molecule has 21 heavy (non-hydrogen) atoms. The highest BCUT2D eigenvalue weighted by molar-refractivity contribution is 5.25. The fraction of sp³-hybridized carbons (Fsp3) is 0.412. The SMILES string of the molecule is CCCNC(Cn1ncccc1=O)c1ccc(CC)cc1. The van der Waals surface area contributed by atoms with Crippen LogP contribution in [0.15, 0.2) is 47.4 Å². The molecule has 0 fully saturated rings. The van der Waals surface area contributed by atoms with E-state index in [0.29, 0.717) is 6.54 Å². The lowest BCUT2D eigenvalue weighted by Crippen LogP contribution is -2.31. The van der Waals surface area contributed by atoms with Crippen molar-refractivity contribution in [2.75, 3.05) is 6.54 Å².